The molecule has 3 aliphatic rings. The van der Waals surface area contributed by atoms with E-state index in [0.717, 1.165) is 22.5 Å². The molecule has 1 N–H and O–H groups in total. The fourth-order valence-corrected chi connectivity index (χ4v) is 4.69. The summed E-state index contributed by atoms with van der Waals surface area (Å²) >= 11 is 0. The summed E-state index contributed by atoms with van der Waals surface area (Å²) < 4.78 is 45.8. The number of allylic oxidation sites excluding steroid dienone is 1. The number of fused-ring (bicyclic) bond motifs is 4. The smallest absolute Gasteiger partial charge is 0.378 e. The van der Waals surface area contributed by atoms with Crippen LogP contribution in [-0.2, 0) is 10.9 Å². The number of benzene rings is 2. The standard InChI is InChI=1S/C21H18F3NO/c1-11-17-15-9-13(21(22,23)24)7-8-14(15)19-20(25-19)18(16(17)10-26-11)12-5-3-2-4-6-12/h2-9,11,16-18,25H,10H2,1H3/t11-,16-,17-,18-/m1/s1. The fraction of sp³-hybridized carbons (Fsp3) is 0.333. The maximum absolute atomic E-state index is 13.3. The van der Waals surface area contributed by atoms with Crippen molar-refractivity contribution in [3.05, 3.63) is 76.5 Å². The number of nitrogens with one attached hydrogen (secondary N) is 1. The van der Waals surface area contributed by atoms with Crippen molar-refractivity contribution in [1.29, 1.82) is 0 Å². The highest BCUT2D eigenvalue weighted by Crippen LogP contribution is 2.55. The molecule has 2 aromatic carbocycles. The zero-order chi connectivity index (χ0) is 18.1. The maximum atomic E-state index is 13.3. The molecular weight excluding hydrogens is 339 g/mol. The van der Waals surface area contributed by atoms with Crippen LogP contribution in [0.2, 0.25) is 0 Å². The highest BCUT2D eigenvalue weighted by atomic mass is 19.4. The van der Waals surface area contributed by atoms with Gasteiger partial charge in [-0.05, 0) is 30.2 Å². The Bertz CT molecular complexity index is 903. The molecule has 2 aromatic rings. The van der Waals surface area contributed by atoms with Crippen molar-refractivity contribution in [3.63, 3.8) is 0 Å². The largest absolute Gasteiger partial charge is 0.416 e. The molecule has 0 radical (unpaired) electrons. The quantitative estimate of drug-likeness (QED) is 0.788. The summed E-state index contributed by atoms with van der Waals surface area (Å²) in [5.41, 5.74) is 4.35. The summed E-state index contributed by atoms with van der Waals surface area (Å²) in [5.74, 6) is 0.201. The average molecular weight is 357 g/mol. The number of hydrogen-bond acceptors (Lipinski definition) is 2. The molecular formula is C21H18F3NO. The molecule has 0 aromatic heterocycles. The van der Waals surface area contributed by atoms with Gasteiger partial charge in [0.1, 0.15) is 0 Å². The van der Waals surface area contributed by atoms with E-state index in [9.17, 15) is 13.2 Å². The van der Waals surface area contributed by atoms with E-state index in [-0.39, 0.29) is 23.9 Å². The maximum Gasteiger partial charge on any atom is 0.416 e. The Kier molecular flexibility index (Phi) is 3.29. The molecule has 2 aliphatic heterocycles. The van der Waals surface area contributed by atoms with Crippen LogP contribution in [0, 0.1) is 5.92 Å². The van der Waals surface area contributed by atoms with Crippen molar-refractivity contribution in [2.45, 2.75) is 31.0 Å². The van der Waals surface area contributed by atoms with Gasteiger partial charge in [-0.2, -0.15) is 13.2 Å². The number of ether oxygens (including phenoxy) is 1. The molecule has 1 aliphatic carbocycles. The number of rotatable bonds is 1. The third kappa shape index (κ3) is 2.30. The van der Waals surface area contributed by atoms with Gasteiger partial charge >= 0.3 is 6.18 Å². The average Bonchev–Trinajstić information content (AvgIpc) is 3.31. The Morgan fingerprint density at radius 3 is 2.58 bits per heavy atom. The molecule has 134 valence electrons. The lowest BCUT2D eigenvalue weighted by Crippen LogP contribution is -2.24. The SMILES string of the molecule is C[C@H]1OC[C@@H]2[C@H]1c1cc(C(F)(F)F)ccc1C1=C(N1)[C@@H]2c1ccccc1. The van der Waals surface area contributed by atoms with E-state index in [4.69, 9.17) is 4.74 Å². The van der Waals surface area contributed by atoms with E-state index in [1.807, 2.05) is 25.1 Å². The van der Waals surface area contributed by atoms with Crippen LogP contribution in [0.3, 0.4) is 0 Å². The Hall–Kier alpha value is -2.27. The van der Waals surface area contributed by atoms with Crippen molar-refractivity contribution in [2.75, 3.05) is 6.61 Å². The van der Waals surface area contributed by atoms with Gasteiger partial charge in [-0.3, -0.25) is 0 Å². The first-order chi connectivity index (χ1) is 12.4. The first-order valence-corrected chi connectivity index (χ1v) is 8.84. The summed E-state index contributed by atoms with van der Waals surface area (Å²) in [7, 11) is 0. The highest BCUT2D eigenvalue weighted by molar-refractivity contribution is 5.84. The van der Waals surface area contributed by atoms with Crippen LogP contribution in [0.4, 0.5) is 13.2 Å². The van der Waals surface area contributed by atoms with E-state index < -0.39 is 11.7 Å². The first kappa shape index (κ1) is 15.9. The lowest BCUT2D eigenvalue weighted by Gasteiger charge is -2.28. The Labute approximate surface area is 149 Å². The van der Waals surface area contributed by atoms with Crippen LogP contribution in [0.1, 0.15) is 41.0 Å². The van der Waals surface area contributed by atoms with Crippen molar-refractivity contribution in [1.82, 2.24) is 5.32 Å². The van der Waals surface area contributed by atoms with E-state index in [2.05, 4.69) is 17.4 Å². The highest BCUT2D eigenvalue weighted by Gasteiger charge is 2.50. The van der Waals surface area contributed by atoms with Gasteiger partial charge in [-0.25, -0.2) is 0 Å². The van der Waals surface area contributed by atoms with Crippen LogP contribution in [-0.4, -0.2) is 12.7 Å². The monoisotopic (exact) mass is 357 g/mol. The van der Waals surface area contributed by atoms with Gasteiger partial charge in [0.15, 0.2) is 0 Å². The zero-order valence-electron chi connectivity index (χ0n) is 14.2. The molecule has 0 amide bonds. The van der Waals surface area contributed by atoms with E-state index in [0.29, 0.717) is 6.61 Å². The number of alkyl halides is 3. The minimum Gasteiger partial charge on any atom is -0.378 e. The Balaban J connectivity index is 1.68. The second kappa shape index (κ2) is 5.36. The molecule has 0 spiro atoms. The minimum absolute atomic E-state index is 0.0490. The molecule has 26 heavy (non-hydrogen) atoms. The number of halogens is 3. The summed E-state index contributed by atoms with van der Waals surface area (Å²) in [4.78, 5) is 0. The van der Waals surface area contributed by atoms with Crippen molar-refractivity contribution in [2.24, 2.45) is 5.92 Å². The van der Waals surface area contributed by atoms with Crippen LogP contribution < -0.4 is 5.32 Å². The van der Waals surface area contributed by atoms with Crippen molar-refractivity contribution in [3.8, 4) is 0 Å². The third-order valence-electron chi connectivity index (χ3n) is 5.89. The van der Waals surface area contributed by atoms with Gasteiger partial charge in [-0.1, -0.05) is 36.4 Å². The number of hydrogen-bond donors (Lipinski definition) is 1. The second-order valence-electron chi connectivity index (χ2n) is 7.33. The minimum atomic E-state index is -4.34. The Morgan fingerprint density at radius 1 is 1.08 bits per heavy atom. The van der Waals surface area contributed by atoms with Gasteiger partial charge in [0, 0.05) is 29.0 Å². The summed E-state index contributed by atoms with van der Waals surface area (Å²) in [6, 6.07) is 14.3. The molecule has 2 nitrogen and oxygen atoms in total. The molecule has 5 heteroatoms. The van der Waals surface area contributed by atoms with Gasteiger partial charge < -0.3 is 10.1 Å². The van der Waals surface area contributed by atoms with Gasteiger partial charge in [0.2, 0.25) is 0 Å². The van der Waals surface area contributed by atoms with Crippen molar-refractivity contribution < 1.29 is 17.9 Å². The molecule has 1 saturated heterocycles. The van der Waals surface area contributed by atoms with Crippen LogP contribution in [0.15, 0.2) is 54.2 Å². The van der Waals surface area contributed by atoms with Gasteiger partial charge in [-0.15, -0.1) is 0 Å². The van der Waals surface area contributed by atoms with Crippen molar-refractivity contribution >= 4 is 5.70 Å². The molecule has 4 atom stereocenters. The van der Waals surface area contributed by atoms with E-state index in [1.165, 1.54) is 17.7 Å². The predicted octanol–water partition coefficient (Wildman–Crippen LogP) is 4.89. The van der Waals surface area contributed by atoms with Gasteiger partial charge in [0.05, 0.1) is 24.0 Å². The summed E-state index contributed by atoms with van der Waals surface area (Å²) in [6.45, 7) is 2.52. The molecule has 0 unspecified atom stereocenters. The van der Waals surface area contributed by atoms with E-state index in [1.54, 1.807) is 6.07 Å². The zero-order valence-corrected chi connectivity index (χ0v) is 14.2. The lowest BCUT2D eigenvalue weighted by molar-refractivity contribution is -0.137. The summed E-state index contributed by atoms with van der Waals surface area (Å²) in [6.07, 6.45) is -4.45. The predicted molar refractivity (Wildman–Crippen MR) is 92.3 cm³/mol. The second-order valence-corrected chi connectivity index (χ2v) is 7.33. The Morgan fingerprint density at radius 2 is 1.85 bits per heavy atom. The summed E-state index contributed by atoms with van der Waals surface area (Å²) in [5, 5.41) is 3.36. The molecule has 5 rings (SSSR count). The van der Waals surface area contributed by atoms with Crippen LogP contribution in [0.5, 0.6) is 0 Å². The fourth-order valence-electron chi connectivity index (χ4n) is 4.69. The molecule has 0 bridgehead atoms. The normalized spacial score (nSPS) is 29.4. The first-order valence-electron chi connectivity index (χ1n) is 8.84. The third-order valence-corrected chi connectivity index (χ3v) is 5.89. The van der Waals surface area contributed by atoms with Gasteiger partial charge in [0.25, 0.3) is 0 Å². The van der Waals surface area contributed by atoms with E-state index >= 15 is 0 Å². The van der Waals surface area contributed by atoms with Crippen LogP contribution >= 0.6 is 0 Å². The molecule has 1 fully saturated rings. The lowest BCUT2D eigenvalue weighted by atomic mass is 9.74. The van der Waals surface area contributed by atoms with Crippen LogP contribution in [0.25, 0.3) is 5.70 Å². The topological polar surface area (TPSA) is 31.2 Å². The molecule has 2 heterocycles. The molecule has 0 saturated carbocycles.